The number of nitrogens with zero attached hydrogens (tertiary/aromatic N) is 18. The fraction of sp³-hybridized carbons (Fsp3) is 0.480. The van der Waals surface area contributed by atoms with Crippen molar-refractivity contribution in [3.05, 3.63) is 228 Å². The maximum atomic E-state index is 13.3. The number of anilines is 2. The van der Waals surface area contributed by atoms with Crippen molar-refractivity contribution in [2.45, 2.75) is 283 Å². The number of alkyl halides is 3. The second kappa shape index (κ2) is 52.1. The summed E-state index contributed by atoms with van der Waals surface area (Å²) in [5, 5.41) is 28.0. The number of hydrogen-bond acceptors (Lipinski definition) is 23. The van der Waals surface area contributed by atoms with Crippen LogP contribution >= 0.6 is 57.4 Å². The van der Waals surface area contributed by atoms with E-state index < -0.39 is 65.8 Å². The molecular formula is C100H131B2Cl4F5IMgN21O12. The third-order valence-corrected chi connectivity index (χ3v) is 25.0. The zero-order valence-corrected chi connectivity index (χ0v) is 93.8. The molecular weight excluding hydrogens is 2100 g/mol. The fourth-order valence-electron chi connectivity index (χ4n) is 14.6. The molecule has 7 aliphatic rings. The Hall–Kier alpha value is -9.83. The van der Waals surface area contributed by atoms with E-state index in [0.29, 0.717) is 83.4 Å². The number of fused-ring (bicyclic) bond motifs is 5. The van der Waals surface area contributed by atoms with Crippen LogP contribution in [0.1, 0.15) is 196 Å². The van der Waals surface area contributed by atoms with E-state index in [1.165, 1.54) is 47.7 Å². The Morgan fingerprint density at radius 2 is 0.863 bits per heavy atom. The molecule has 0 unspecified atom stereocenters. The summed E-state index contributed by atoms with van der Waals surface area (Å²) in [6, 6.07) is 21.6. The number of nitrogens with two attached hydrogens (primary N) is 1. The number of hydrogen-bond donors (Lipinski definition) is 3. The van der Waals surface area contributed by atoms with Gasteiger partial charge in [-0.2, -0.15) is 52.5 Å². The summed E-state index contributed by atoms with van der Waals surface area (Å²) in [4.78, 5) is 72.8. The second-order valence-corrected chi connectivity index (χ2v) is 42.4. The largest absolute Gasteiger partial charge is 2.00 e. The number of nitrogen functional groups attached to an aromatic ring is 1. The molecule has 0 atom stereocenters. The van der Waals surface area contributed by atoms with Gasteiger partial charge in [-0.1, -0.05) is 34.8 Å². The molecule has 786 valence electrons. The number of urea groups is 1. The van der Waals surface area contributed by atoms with E-state index in [1.807, 2.05) is 240 Å². The number of nitrogens with one attached hydrogen (secondary N) is 2. The Kier molecular flexibility index (Phi) is 43.3. The molecule has 0 aliphatic carbocycles. The molecule has 46 heteroatoms. The van der Waals surface area contributed by atoms with Gasteiger partial charge in [-0.15, -0.1) is 0 Å². The monoisotopic (exact) mass is 2230 g/mol. The first-order valence-corrected chi connectivity index (χ1v) is 49.4. The molecule has 2 saturated heterocycles. The first kappa shape index (κ1) is 121. The van der Waals surface area contributed by atoms with Crippen LogP contribution in [0.5, 0.6) is 0 Å². The second-order valence-electron chi connectivity index (χ2n) is 40.1. The molecule has 0 saturated carbocycles. The van der Waals surface area contributed by atoms with Gasteiger partial charge in [-0.3, -0.25) is 38.4 Å². The van der Waals surface area contributed by atoms with Gasteiger partial charge in [0.1, 0.15) is 33.6 Å². The van der Waals surface area contributed by atoms with Crippen LogP contribution in [0.25, 0.3) is 33.8 Å². The van der Waals surface area contributed by atoms with Gasteiger partial charge >= 0.3 is 68.0 Å². The molecule has 146 heavy (non-hydrogen) atoms. The number of aromatic nitrogens is 14. The van der Waals surface area contributed by atoms with Crippen molar-refractivity contribution in [1.29, 1.82) is 0 Å². The third-order valence-electron chi connectivity index (χ3n) is 23.3. The normalized spacial score (nSPS) is 15.8. The SMILES string of the molecule is CC(C)(C)OC(=O)N1CCn2ncc(B3OC(C)(C)C(C)(C)O3)c2C1.CC(C)(C)OC(=O)N1CCn2ncc(I)c2C1.CC(C)OB1OC(C)(C)C(C)(C)O1.C[CH-]C.Cc1ccnc(-c2cnn3c2CN(C(=O)Nc2ccc(F)c(Cl)c2)CC3)c1.Cc1ccnc(-c2cnn3c2CN(C(=O)OC(C)(C)C)CC3)c1.Cc1ccnc(-c2cnn3c2CNCC3)c1.FC(F)(F)c1ccnc(Cl)c1.Nc1ccc(F)c(Cl)c1.[Cl-].[Mg+2]. The minimum atomic E-state index is -4.34. The molecule has 18 rings (SSSR count). The zero-order valence-electron chi connectivity index (χ0n) is 87.2. The van der Waals surface area contributed by atoms with Crippen LogP contribution in [-0.2, 0) is 109 Å². The van der Waals surface area contributed by atoms with Crippen LogP contribution in [0, 0.1) is 42.4 Å². The molecule has 11 aromatic rings. The minimum absolute atomic E-state index is 0. The van der Waals surface area contributed by atoms with Crippen LogP contribution in [0.4, 0.5) is 52.5 Å². The molecule has 33 nitrogen and oxygen atoms in total. The van der Waals surface area contributed by atoms with Crippen LogP contribution in [-0.4, -0.2) is 228 Å². The number of carbonyl (C=O) groups is 4. The summed E-state index contributed by atoms with van der Waals surface area (Å²) in [5.74, 6) is -0.960. The van der Waals surface area contributed by atoms with Gasteiger partial charge in [-0.25, -0.2) is 32.9 Å². The Balaban J connectivity index is 0.000000207. The first-order chi connectivity index (χ1) is 67.3. The maximum absolute atomic E-state index is 13.3. The summed E-state index contributed by atoms with van der Waals surface area (Å²) in [5.41, 5.74) is 17.9. The molecule has 2 aromatic carbocycles. The van der Waals surface area contributed by atoms with Gasteiger partial charge in [0.2, 0.25) is 0 Å². The number of benzene rings is 2. The molecule has 2 fully saturated rings. The molecule has 0 spiro atoms. The molecule has 9 aromatic heterocycles. The average molecular weight is 2230 g/mol. The maximum Gasteiger partial charge on any atom is 2.00 e. The smallest absolute Gasteiger partial charge is 1.00 e. The van der Waals surface area contributed by atoms with Crippen LogP contribution in [0.2, 0.25) is 15.2 Å². The van der Waals surface area contributed by atoms with Crippen molar-refractivity contribution in [3.63, 3.8) is 0 Å². The summed E-state index contributed by atoms with van der Waals surface area (Å²) in [6.45, 7) is 56.8. The quantitative estimate of drug-likeness (QED) is 0.0254. The Bertz CT molecular complexity index is 6180. The molecule has 0 radical (unpaired) electrons. The summed E-state index contributed by atoms with van der Waals surface area (Å²) < 4.78 is 117. The number of amides is 5. The van der Waals surface area contributed by atoms with Crippen molar-refractivity contribution < 1.29 is 91.0 Å². The predicted octanol–water partition coefficient (Wildman–Crippen LogP) is 17.3. The van der Waals surface area contributed by atoms with Gasteiger partial charge in [0.25, 0.3) is 0 Å². The number of aryl methyl sites for hydroxylation is 3. The summed E-state index contributed by atoms with van der Waals surface area (Å²) in [6.07, 6.45) is 12.5. The Morgan fingerprint density at radius 1 is 0.493 bits per heavy atom. The molecule has 16 heterocycles. The van der Waals surface area contributed by atoms with Gasteiger partial charge in [0, 0.05) is 110 Å². The van der Waals surface area contributed by atoms with Crippen LogP contribution in [0.15, 0.2) is 141 Å². The third kappa shape index (κ3) is 34.4. The van der Waals surface area contributed by atoms with E-state index in [0.717, 1.165) is 121 Å². The zero-order chi connectivity index (χ0) is 106. The summed E-state index contributed by atoms with van der Waals surface area (Å²) in [7, 11) is -1.00. The first-order valence-electron chi connectivity index (χ1n) is 47.1. The van der Waals surface area contributed by atoms with Gasteiger partial charge in [0.15, 0.2) is 0 Å². The van der Waals surface area contributed by atoms with Crippen molar-refractivity contribution in [1.82, 2.24) is 93.8 Å². The Labute approximate surface area is 903 Å². The van der Waals surface area contributed by atoms with E-state index in [-0.39, 0.29) is 92.3 Å². The molecule has 7 aliphatic heterocycles. The molecule has 0 bridgehead atoms. The molecule has 5 amide bonds. The van der Waals surface area contributed by atoms with Crippen molar-refractivity contribution in [2.75, 3.05) is 43.8 Å². The number of pyridine rings is 4. The van der Waals surface area contributed by atoms with E-state index in [2.05, 4.69) is 96.3 Å². The van der Waals surface area contributed by atoms with Crippen molar-refractivity contribution >= 4 is 136 Å². The summed E-state index contributed by atoms with van der Waals surface area (Å²) >= 11 is 18.6. The Morgan fingerprint density at radius 3 is 1.27 bits per heavy atom. The van der Waals surface area contributed by atoms with E-state index >= 15 is 0 Å². The number of halogens is 10. The van der Waals surface area contributed by atoms with E-state index in [4.69, 9.17) is 78.0 Å². The standard InChI is InChI=1S/C19H17ClFN5O.C17H28BN3O4.C17H22N4O2.C12H14N4.C11H16IN3O2.C9H19BO3.C6H3ClF3N.C6H5ClFN.C3H7.ClH.Mg/c1-12-4-5-22-17(8-12)14-10-23-26-7-6-25(11-18(14)26)19(27)24-13-2-3-16(21)15(20)9-13;1-15(2,3)23-14(22)20-8-9-21-13(11-20)12(10-19-21)18-24-16(4,5)17(6,7)25-18;1-12-5-6-18-14(9-12)13-10-19-21-8-7-20(11-15(13)21)16(22)23-17(2,3)4;1-9-2-3-14-11(6-9)10-7-15-16-5-4-13-8-12(10)16;1-11(2,3)17-10(16)14-4-5-15-9(7-14)8(12)6-13-15;1-7(2)11-10-12-8(3,4)9(5,6)13-10;7-5-3-4(1-2-11-5)6(8,9)10;7-5-3-4(9)1-2-6(5)8;1-3-2;;/h2-5,8-10H,6-7,11H2,1H3,(H,24,27);10H,8-9,11H2,1-7H3;5-6,9-10H,7-8,11H2,1-4H3;2-3,6-7,13H,4-5,8H2,1H3;6H,4-5,7H2,1-3H3;7H,1-6H3;1-3H;1-3H,9H2;3H,1-2H3;1H;/q;;;;;;;;-1;;+2/p-1. The fourth-order valence-corrected chi connectivity index (χ4v) is 15.7. The number of ether oxygens (including phenoxy) is 3. The van der Waals surface area contributed by atoms with Gasteiger partial charge < -0.3 is 92.3 Å². The molecule has 4 N–H and O–H groups in total. The van der Waals surface area contributed by atoms with E-state index in [9.17, 15) is 41.1 Å². The predicted molar refractivity (Wildman–Crippen MR) is 560 cm³/mol. The van der Waals surface area contributed by atoms with Crippen molar-refractivity contribution in [3.8, 4) is 33.8 Å². The van der Waals surface area contributed by atoms with Crippen molar-refractivity contribution in [2.24, 2.45) is 0 Å². The van der Waals surface area contributed by atoms with Crippen LogP contribution < -0.4 is 34.2 Å². The number of rotatable bonds is 7. The van der Waals surface area contributed by atoms with Gasteiger partial charge in [0.05, 0.1) is 171 Å². The minimum Gasteiger partial charge on any atom is -1.00 e. The van der Waals surface area contributed by atoms with Gasteiger partial charge in [-0.05, 0) is 277 Å². The van der Waals surface area contributed by atoms with E-state index in [1.54, 1.807) is 44.4 Å². The van der Waals surface area contributed by atoms with Crippen LogP contribution in [0.3, 0.4) is 0 Å². The topological polar surface area (TPSA) is 346 Å². The number of carbonyl (C=O) groups excluding carboxylic acids is 4. The average Bonchev–Trinajstić information content (AvgIpc) is 1.60.